The number of hydrogen-bond donors (Lipinski definition) is 2. The second kappa shape index (κ2) is 8.28. The summed E-state index contributed by atoms with van der Waals surface area (Å²) in [6, 6.07) is 0. The van der Waals surface area contributed by atoms with Gasteiger partial charge in [-0.2, -0.15) is 0 Å². The Morgan fingerprint density at radius 1 is 1.28 bits per heavy atom. The van der Waals surface area contributed by atoms with Crippen LogP contribution in [0.2, 0.25) is 0 Å². The van der Waals surface area contributed by atoms with E-state index < -0.39 is 0 Å². The van der Waals surface area contributed by atoms with E-state index in [1.54, 1.807) is 11.8 Å². The molecule has 0 aromatic rings. The van der Waals surface area contributed by atoms with Gasteiger partial charge in [0.1, 0.15) is 0 Å². The summed E-state index contributed by atoms with van der Waals surface area (Å²) < 4.78 is 0.120. The maximum Gasteiger partial charge on any atom is 0.230 e. The summed E-state index contributed by atoms with van der Waals surface area (Å²) in [6.45, 7) is 13.1. The minimum Gasteiger partial charge on any atom is -0.349 e. The third-order valence-corrected chi connectivity index (χ3v) is 3.66. The zero-order valence-corrected chi connectivity index (χ0v) is 14.1. The van der Waals surface area contributed by atoms with E-state index >= 15 is 0 Å². The monoisotopic (exact) mass is 296 g/mol. The summed E-state index contributed by atoms with van der Waals surface area (Å²) in [5.74, 6) is 1.11. The predicted octanol–water partition coefficient (Wildman–Crippen LogP) is 2.82. The predicted molar refractivity (Wildman–Crippen MR) is 84.5 cm³/mol. The van der Waals surface area contributed by atoms with Crippen LogP contribution in [-0.4, -0.2) is 28.5 Å². The van der Waals surface area contributed by atoms with E-state index in [0.29, 0.717) is 18.2 Å². The molecule has 0 aliphatic heterocycles. The van der Waals surface area contributed by atoms with Crippen LogP contribution in [0, 0.1) is 5.92 Å². The van der Waals surface area contributed by atoms with Crippen molar-refractivity contribution in [3.63, 3.8) is 0 Å². The van der Waals surface area contributed by atoms with Gasteiger partial charge in [-0.1, -0.05) is 34.6 Å². The van der Waals surface area contributed by atoms with Crippen molar-refractivity contribution in [3.8, 4) is 0 Å². The van der Waals surface area contributed by atoms with Gasteiger partial charge in [-0.3, -0.25) is 4.79 Å². The Kier molecular flexibility index (Phi) is 9.38. The molecule has 3 nitrogen and oxygen atoms in total. The lowest BCUT2D eigenvalue weighted by atomic mass is 9.91. The highest BCUT2D eigenvalue weighted by Gasteiger charge is 2.26. The normalized spacial score (nSPS) is 14.9. The molecule has 0 bridgehead atoms. The van der Waals surface area contributed by atoms with E-state index in [2.05, 4.69) is 39.9 Å². The minimum atomic E-state index is -0.274. The number of carbonyl (C=O) groups excluding carboxylic acids is 1. The summed E-state index contributed by atoms with van der Waals surface area (Å²) in [7, 11) is 0. The lowest BCUT2D eigenvalue weighted by molar-refractivity contribution is -0.120. The number of halogens is 1. The van der Waals surface area contributed by atoms with Crippen LogP contribution in [0.1, 0.15) is 48.0 Å². The maximum atomic E-state index is 11.9. The summed E-state index contributed by atoms with van der Waals surface area (Å²) in [4.78, 5) is 11.9. The molecule has 0 heterocycles. The molecule has 110 valence electrons. The zero-order chi connectivity index (χ0) is 13.7. The Hall–Kier alpha value is 0.0700. The van der Waals surface area contributed by atoms with Gasteiger partial charge < -0.3 is 11.1 Å². The van der Waals surface area contributed by atoms with Crippen molar-refractivity contribution in [2.75, 3.05) is 12.3 Å². The van der Waals surface area contributed by atoms with Gasteiger partial charge in [0.2, 0.25) is 5.91 Å². The second-order valence-corrected chi connectivity index (χ2v) is 8.11. The number of hydrogen-bond acceptors (Lipinski definition) is 3. The zero-order valence-electron chi connectivity index (χ0n) is 12.5. The van der Waals surface area contributed by atoms with E-state index in [0.717, 1.165) is 6.42 Å². The van der Waals surface area contributed by atoms with Gasteiger partial charge in [-0.05, 0) is 19.3 Å². The number of carbonyl (C=O) groups is 1. The highest BCUT2D eigenvalue weighted by atomic mass is 35.5. The Balaban J connectivity index is 0. The van der Waals surface area contributed by atoms with Crippen LogP contribution in [0.4, 0.5) is 0 Å². The van der Waals surface area contributed by atoms with Crippen molar-refractivity contribution in [1.29, 1.82) is 0 Å². The molecule has 0 saturated carbocycles. The molecular formula is C13H29ClN2OS. The van der Waals surface area contributed by atoms with Crippen LogP contribution < -0.4 is 11.1 Å². The topological polar surface area (TPSA) is 55.1 Å². The van der Waals surface area contributed by atoms with Crippen LogP contribution in [0.15, 0.2) is 0 Å². The molecule has 0 aliphatic carbocycles. The van der Waals surface area contributed by atoms with Crippen LogP contribution in [0.3, 0.4) is 0 Å². The molecular weight excluding hydrogens is 268 g/mol. The molecule has 0 aliphatic rings. The smallest absolute Gasteiger partial charge is 0.230 e. The highest BCUT2D eigenvalue weighted by Crippen LogP contribution is 2.23. The number of thioether (sulfide) groups is 1. The first kappa shape index (κ1) is 20.4. The number of nitrogens with two attached hydrogens (primary N) is 1. The fourth-order valence-corrected chi connectivity index (χ4v) is 2.38. The molecule has 18 heavy (non-hydrogen) atoms. The Morgan fingerprint density at radius 2 is 1.78 bits per heavy atom. The Labute approximate surface area is 122 Å². The SMILES string of the molecule is CC(C)CC(C)(CN)NC(=O)CSC(C)(C)C.Cl. The highest BCUT2D eigenvalue weighted by molar-refractivity contribution is 8.01. The van der Waals surface area contributed by atoms with E-state index in [4.69, 9.17) is 5.73 Å². The van der Waals surface area contributed by atoms with E-state index in [1.165, 1.54) is 0 Å². The first-order valence-corrected chi connectivity index (χ1v) is 7.21. The molecule has 0 fully saturated rings. The molecule has 3 N–H and O–H groups in total. The van der Waals surface area contributed by atoms with Crippen LogP contribution in [0.25, 0.3) is 0 Å². The van der Waals surface area contributed by atoms with Gasteiger partial charge in [0.05, 0.1) is 5.75 Å². The van der Waals surface area contributed by atoms with Gasteiger partial charge >= 0.3 is 0 Å². The van der Waals surface area contributed by atoms with Crippen LogP contribution >= 0.6 is 24.2 Å². The van der Waals surface area contributed by atoms with Gasteiger partial charge in [-0.15, -0.1) is 24.2 Å². The number of amides is 1. The van der Waals surface area contributed by atoms with Crippen molar-refractivity contribution in [3.05, 3.63) is 0 Å². The van der Waals surface area contributed by atoms with Gasteiger partial charge in [0.15, 0.2) is 0 Å². The van der Waals surface area contributed by atoms with Crippen molar-refractivity contribution >= 4 is 30.1 Å². The average molecular weight is 297 g/mol. The second-order valence-electron chi connectivity index (χ2n) is 6.31. The molecule has 0 saturated heterocycles. The molecule has 0 aromatic heterocycles. The molecule has 5 heteroatoms. The molecule has 0 radical (unpaired) electrons. The average Bonchev–Trinajstić information content (AvgIpc) is 2.12. The van der Waals surface area contributed by atoms with Crippen LogP contribution in [0.5, 0.6) is 0 Å². The van der Waals surface area contributed by atoms with Crippen molar-refractivity contribution in [2.45, 2.75) is 58.2 Å². The summed E-state index contributed by atoms with van der Waals surface area (Å²) in [5, 5.41) is 3.06. The van der Waals surface area contributed by atoms with Crippen molar-refractivity contribution in [2.24, 2.45) is 11.7 Å². The number of nitrogens with one attached hydrogen (secondary N) is 1. The first-order valence-electron chi connectivity index (χ1n) is 6.23. The standard InChI is InChI=1S/C13H28N2OS.ClH/c1-10(2)7-13(6,9-14)15-11(16)8-17-12(3,4)5;/h10H,7-9,14H2,1-6H3,(H,15,16);1H. The third-order valence-electron chi connectivity index (χ3n) is 2.39. The lowest BCUT2D eigenvalue weighted by Crippen LogP contribution is -2.52. The first-order chi connectivity index (χ1) is 7.58. The summed E-state index contributed by atoms with van der Waals surface area (Å²) in [6.07, 6.45) is 0.912. The molecule has 0 rings (SSSR count). The van der Waals surface area contributed by atoms with Crippen LogP contribution in [-0.2, 0) is 4.79 Å². The van der Waals surface area contributed by atoms with Crippen molar-refractivity contribution < 1.29 is 4.79 Å². The Bertz CT molecular complexity index is 254. The molecule has 1 amide bonds. The van der Waals surface area contributed by atoms with E-state index in [1.807, 2.05) is 6.92 Å². The van der Waals surface area contributed by atoms with E-state index in [-0.39, 0.29) is 28.6 Å². The van der Waals surface area contributed by atoms with Gasteiger partial charge in [0.25, 0.3) is 0 Å². The number of rotatable bonds is 6. The minimum absolute atomic E-state index is 0. The molecule has 0 spiro atoms. The maximum absolute atomic E-state index is 11.9. The fourth-order valence-electron chi connectivity index (χ4n) is 1.74. The Morgan fingerprint density at radius 3 is 2.11 bits per heavy atom. The molecule has 0 aromatic carbocycles. The largest absolute Gasteiger partial charge is 0.349 e. The van der Waals surface area contributed by atoms with Gasteiger partial charge in [0, 0.05) is 16.8 Å². The quantitative estimate of drug-likeness (QED) is 0.792. The molecule has 1 unspecified atom stereocenters. The van der Waals surface area contributed by atoms with Crippen molar-refractivity contribution in [1.82, 2.24) is 5.32 Å². The van der Waals surface area contributed by atoms with Gasteiger partial charge in [-0.25, -0.2) is 0 Å². The summed E-state index contributed by atoms with van der Waals surface area (Å²) >= 11 is 1.66. The molecule has 1 atom stereocenters. The summed E-state index contributed by atoms with van der Waals surface area (Å²) in [5.41, 5.74) is 5.49. The van der Waals surface area contributed by atoms with E-state index in [9.17, 15) is 4.79 Å². The third kappa shape index (κ3) is 10.0. The fraction of sp³-hybridized carbons (Fsp3) is 0.923. The lowest BCUT2D eigenvalue weighted by Gasteiger charge is -2.31.